The second-order valence-electron chi connectivity index (χ2n) is 6.92. The lowest BCUT2D eigenvalue weighted by atomic mass is 10.0. The van der Waals surface area contributed by atoms with Gasteiger partial charge in [0.25, 0.3) is 5.91 Å². The average Bonchev–Trinajstić information content (AvgIpc) is 2.74. The van der Waals surface area contributed by atoms with Crippen molar-refractivity contribution in [1.29, 1.82) is 0 Å². The molecular formula is C24H21N3O. The molecule has 1 N–H and O–H groups in total. The first-order valence-electron chi connectivity index (χ1n) is 9.29. The Morgan fingerprint density at radius 3 is 2.46 bits per heavy atom. The van der Waals surface area contributed by atoms with Gasteiger partial charge in [-0.05, 0) is 49.7 Å². The normalized spacial score (nSPS) is 11.9. The third kappa shape index (κ3) is 3.62. The first-order chi connectivity index (χ1) is 13.6. The Labute approximate surface area is 164 Å². The Morgan fingerprint density at radius 2 is 1.71 bits per heavy atom. The number of nitrogens with one attached hydrogen (secondary N) is 1. The topological polar surface area (TPSA) is 54.9 Å². The molecule has 4 heteroatoms. The van der Waals surface area contributed by atoms with Crippen molar-refractivity contribution in [3.63, 3.8) is 0 Å². The van der Waals surface area contributed by atoms with Crippen LogP contribution in [0.4, 0.5) is 0 Å². The zero-order valence-electron chi connectivity index (χ0n) is 15.9. The Hall–Kier alpha value is -3.53. The zero-order valence-corrected chi connectivity index (χ0v) is 15.9. The highest BCUT2D eigenvalue weighted by atomic mass is 16.1. The highest BCUT2D eigenvalue weighted by molar-refractivity contribution is 6.07. The maximum absolute atomic E-state index is 13.2. The molecule has 0 radical (unpaired) electrons. The number of carbonyl (C=O) groups is 1. The molecule has 1 amide bonds. The molecule has 0 fully saturated rings. The van der Waals surface area contributed by atoms with Gasteiger partial charge in [0.05, 0.1) is 22.8 Å². The monoisotopic (exact) mass is 367 g/mol. The molecule has 0 saturated heterocycles. The van der Waals surface area contributed by atoms with Crippen LogP contribution in [0.1, 0.15) is 34.5 Å². The van der Waals surface area contributed by atoms with Crippen molar-refractivity contribution in [2.45, 2.75) is 19.9 Å². The molecule has 2 aromatic carbocycles. The number of hydrogen-bond acceptors (Lipinski definition) is 3. The van der Waals surface area contributed by atoms with E-state index < -0.39 is 0 Å². The van der Waals surface area contributed by atoms with Gasteiger partial charge in [0.15, 0.2) is 0 Å². The van der Waals surface area contributed by atoms with Crippen LogP contribution >= 0.6 is 0 Å². The second kappa shape index (κ2) is 7.61. The summed E-state index contributed by atoms with van der Waals surface area (Å²) in [4.78, 5) is 22.0. The van der Waals surface area contributed by atoms with Gasteiger partial charge in [-0.25, -0.2) is 4.98 Å². The maximum atomic E-state index is 13.2. The number of fused-ring (bicyclic) bond motifs is 1. The molecule has 1 atom stereocenters. The van der Waals surface area contributed by atoms with E-state index in [1.54, 1.807) is 12.4 Å². The smallest absolute Gasteiger partial charge is 0.252 e. The van der Waals surface area contributed by atoms with Crippen LogP contribution in [0.5, 0.6) is 0 Å². The summed E-state index contributed by atoms with van der Waals surface area (Å²) in [6.45, 7) is 3.99. The lowest BCUT2D eigenvalue weighted by Gasteiger charge is -2.16. The summed E-state index contributed by atoms with van der Waals surface area (Å²) < 4.78 is 0. The zero-order chi connectivity index (χ0) is 19.5. The Kier molecular flexibility index (Phi) is 4.85. The molecular weight excluding hydrogens is 346 g/mol. The summed E-state index contributed by atoms with van der Waals surface area (Å²) in [5, 5.41) is 3.97. The quantitative estimate of drug-likeness (QED) is 0.546. The molecule has 4 rings (SSSR count). The SMILES string of the molecule is Cc1ccc2nc(-c3ccccc3)cc(C(=O)N[C@@H](C)c3ccncc3)c2c1. The first kappa shape index (κ1) is 17.9. The van der Waals surface area contributed by atoms with Crippen LogP contribution in [0.25, 0.3) is 22.2 Å². The van der Waals surface area contributed by atoms with Crippen LogP contribution in [0, 0.1) is 6.92 Å². The Balaban J connectivity index is 1.77. The third-order valence-corrected chi connectivity index (χ3v) is 4.83. The summed E-state index contributed by atoms with van der Waals surface area (Å²) in [6, 6.07) is 21.5. The fraction of sp³-hybridized carbons (Fsp3) is 0.125. The number of nitrogens with zero attached hydrogens (tertiary/aromatic N) is 2. The summed E-state index contributed by atoms with van der Waals surface area (Å²) >= 11 is 0. The minimum Gasteiger partial charge on any atom is -0.345 e. The van der Waals surface area contributed by atoms with Crippen molar-refractivity contribution < 1.29 is 4.79 Å². The van der Waals surface area contributed by atoms with Crippen molar-refractivity contribution in [3.05, 3.63) is 95.8 Å². The van der Waals surface area contributed by atoms with Crippen molar-refractivity contribution in [3.8, 4) is 11.3 Å². The standard InChI is InChI=1S/C24H21N3O/c1-16-8-9-22-20(14-16)21(15-23(27-22)19-6-4-3-5-7-19)24(28)26-17(2)18-10-12-25-13-11-18/h3-15,17H,1-2H3,(H,26,28)/t17-/m0/s1. The lowest BCUT2D eigenvalue weighted by molar-refractivity contribution is 0.0941. The van der Waals surface area contributed by atoms with E-state index in [1.165, 1.54) is 0 Å². The van der Waals surface area contributed by atoms with Crippen LogP contribution in [-0.2, 0) is 0 Å². The van der Waals surface area contributed by atoms with Crippen molar-refractivity contribution in [2.75, 3.05) is 0 Å². The van der Waals surface area contributed by atoms with Gasteiger partial charge in [-0.2, -0.15) is 0 Å². The van der Waals surface area contributed by atoms with Gasteiger partial charge in [0.2, 0.25) is 0 Å². The Morgan fingerprint density at radius 1 is 0.964 bits per heavy atom. The number of amides is 1. The molecule has 4 aromatic rings. The van der Waals surface area contributed by atoms with E-state index in [9.17, 15) is 4.79 Å². The highest BCUT2D eigenvalue weighted by Crippen LogP contribution is 2.26. The number of rotatable bonds is 4. The minimum atomic E-state index is -0.122. The Bertz CT molecular complexity index is 1120. The van der Waals surface area contributed by atoms with Gasteiger partial charge < -0.3 is 5.32 Å². The van der Waals surface area contributed by atoms with E-state index >= 15 is 0 Å². The van der Waals surface area contributed by atoms with E-state index in [0.717, 1.165) is 33.3 Å². The van der Waals surface area contributed by atoms with Crippen molar-refractivity contribution in [1.82, 2.24) is 15.3 Å². The molecule has 4 nitrogen and oxygen atoms in total. The predicted molar refractivity (Wildman–Crippen MR) is 112 cm³/mol. The van der Waals surface area contributed by atoms with Crippen LogP contribution < -0.4 is 5.32 Å². The number of hydrogen-bond donors (Lipinski definition) is 1. The van der Waals surface area contributed by atoms with Gasteiger partial charge in [-0.15, -0.1) is 0 Å². The molecule has 0 aliphatic carbocycles. The van der Waals surface area contributed by atoms with Crippen molar-refractivity contribution >= 4 is 16.8 Å². The van der Waals surface area contributed by atoms with E-state index in [4.69, 9.17) is 4.98 Å². The number of benzene rings is 2. The fourth-order valence-corrected chi connectivity index (χ4v) is 3.29. The molecule has 0 spiro atoms. The molecule has 138 valence electrons. The second-order valence-corrected chi connectivity index (χ2v) is 6.92. The van der Waals surface area contributed by atoms with Crippen molar-refractivity contribution in [2.24, 2.45) is 0 Å². The highest BCUT2D eigenvalue weighted by Gasteiger charge is 2.17. The van der Waals surface area contributed by atoms with Gasteiger partial charge >= 0.3 is 0 Å². The molecule has 28 heavy (non-hydrogen) atoms. The van der Waals surface area contributed by atoms with E-state index in [-0.39, 0.29) is 11.9 Å². The fourth-order valence-electron chi connectivity index (χ4n) is 3.29. The number of pyridine rings is 2. The molecule has 0 aliphatic heterocycles. The van der Waals surface area contributed by atoms with E-state index in [2.05, 4.69) is 10.3 Å². The largest absolute Gasteiger partial charge is 0.345 e. The predicted octanol–water partition coefficient (Wildman–Crippen LogP) is 5.10. The summed E-state index contributed by atoms with van der Waals surface area (Å²) in [5.74, 6) is -0.112. The summed E-state index contributed by atoms with van der Waals surface area (Å²) in [6.07, 6.45) is 3.47. The van der Waals surface area contributed by atoms with Crippen LogP contribution in [0.2, 0.25) is 0 Å². The average molecular weight is 367 g/mol. The molecule has 0 unspecified atom stereocenters. The lowest BCUT2D eigenvalue weighted by Crippen LogP contribution is -2.27. The first-order valence-corrected chi connectivity index (χ1v) is 9.29. The molecule has 0 aliphatic rings. The third-order valence-electron chi connectivity index (χ3n) is 4.83. The van der Waals surface area contributed by atoms with E-state index in [1.807, 2.05) is 80.6 Å². The van der Waals surface area contributed by atoms with Gasteiger partial charge in [0, 0.05) is 23.3 Å². The number of carbonyl (C=O) groups excluding carboxylic acids is 1. The summed E-state index contributed by atoms with van der Waals surface area (Å²) in [7, 11) is 0. The maximum Gasteiger partial charge on any atom is 0.252 e. The van der Waals surface area contributed by atoms with Crippen LogP contribution in [0.15, 0.2) is 79.1 Å². The molecule has 2 heterocycles. The number of aryl methyl sites for hydroxylation is 1. The summed E-state index contributed by atoms with van der Waals surface area (Å²) in [5.41, 5.74) is 5.33. The molecule has 0 saturated carbocycles. The molecule has 0 bridgehead atoms. The van der Waals surface area contributed by atoms with Crippen LogP contribution in [-0.4, -0.2) is 15.9 Å². The number of aromatic nitrogens is 2. The minimum absolute atomic E-state index is 0.112. The van der Waals surface area contributed by atoms with Gasteiger partial charge in [0.1, 0.15) is 0 Å². The van der Waals surface area contributed by atoms with Gasteiger partial charge in [-0.1, -0.05) is 42.0 Å². The molecule has 2 aromatic heterocycles. The van der Waals surface area contributed by atoms with Gasteiger partial charge in [-0.3, -0.25) is 9.78 Å². The van der Waals surface area contributed by atoms with Crippen LogP contribution in [0.3, 0.4) is 0 Å². The van der Waals surface area contributed by atoms with E-state index in [0.29, 0.717) is 5.56 Å².